The summed E-state index contributed by atoms with van der Waals surface area (Å²) in [6, 6.07) is 0. The number of ether oxygens (including phenoxy) is 3. The van der Waals surface area contributed by atoms with Crippen molar-refractivity contribution in [3.8, 4) is 0 Å². The molecule has 0 aromatic carbocycles. The zero-order chi connectivity index (χ0) is 40.5. The van der Waals surface area contributed by atoms with E-state index in [4.69, 9.17) is 14.2 Å². The van der Waals surface area contributed by atoms with Crippen molar-refractivity contribution in [3.05, 3.63) is 0 Å². The van der Waals surface area contributed by atoms with Crippen molar-refractivity contribution in [1.29, 1.82) is 0 Å². The predicted molar refractivity (Wildman–Crippen MR) is 233 cm³/mol. The van der Waals surface area contributed by atoms with Crippen LogP contribution in [-0.2, 0) is 28.6 Å². The minimum Gasteiger partial charge on any atom is -0.462 e. The predicted octanol–water partition coefficient (Wildman–Crippen LogP) is 15.4. The summed E-state index contributed by atoms with van der Waals surface area (Å²) in [4.78, 5) is 37.8. The van der Waals surface area contributed by atoms with Gasteiger partial charge in [0.05, 0.1) is 0 Å². The fourth-order valence-corrected chi connectivity index (χ4v) is 7.28. The van der Waals surface area contributed by atoms with Crippen LogP contribution in [0.15, 0.2) is 0 Å². The second-order valence-electron chi connectivity index (χ2n) is 17.7. The Morgan fingerprint density at radius 3 is 0.891 bits per heavy atom. The molecule has 326 valence electrons. The summed E-state index contributed by atoms with van der Waals surface area (Å²) >= 11 is 0. The van der Waals surface area contributed by atoms with Crippen molar-refractivity contribution in [3.63, 3.8) is 0 Å². The molecule has 0 aliphatic heterocycles. The van der Waals surface area contributed by atoms with Crippen molar-refractivity contribution in [1.82, 2.24) is 0 Å². The maximum Gasteiger partial charge on any atom is 0.306 e. The molecule has 6 nitrogen and oxygen atoms in total. The molecule has 0 amide bonds. The first-order chi connectivity index (χ1) is 26.7. The summed E-state index contributed by atoms with van der Waals surface area (Å²) in [7, 11) is 0. The maximum atomic E-state index is 12.7. The second-order valence-corrected chi connectivity index (χ2v) is 17.7. The summed E-state index contributed by atoms with van der Waals surface area (Å²) in [5.74, 6) is 0.753. The second kappa shape index (κ2) is 42.0. The van der Waals surface area contributed by atoms with Gasteiger partial charge in [-0.15, -0.1) is 0 Å². The Hall–Kier alpha value is -1.59. The van der Waals surface area contributed by atoms with E-state index >= 15 is 0 Å². The van der Waals surface area contributed by atoms with E-state index in [-0.39, 0.29) is 31.1 Å². The van der Waals surface area contributed by atoms with Gasteiger partial charge in [0.2, 0.25) is 0 Å². The molecule has 0 N–H and O–H groups in total. The van der Waals surface area contributed by atoms with Crippen molar-refractivity contribution < 1.29 is 28.6 Å². The Morgan fingerprint density at radius 2 is 0.600 bits per heavy atom. The summed E-state index contributed by atoms with van der Waals surface area (Å²) in [6.45, 7) is 11.3. The first-order valence-electron chi connectivity index (χ1n) is 24.2. The van der Waals surface area contributed by atoms with Crippen LogP contribution in [0.25, 0.3) is 0 Å². The molecule has 0 bridgehead atoms. The highest BCUT2D eigenvalue weighted by atomic mass is 16.6. The van der Waals surface area contributed by atoms with Crippen LogP contribution in [0, 0.1) is 11.8 Å². The Bertz CT molecular complexity index is 839. The van der Waals surface area contributed by atoms with E-state index in [9.17, 15) is 14.4 Å². The fourth-order valence-electron chi connectivity index (χ4n) is 7.28. The van der Waals surface area contributed by atoms with Crippen LogP contribution in [0.3, 0.4) is 0 Å². The average Bonchev–Trinajstić information content (AvgIpc) is 3.15. The third-order valence-corrected chi connectivity index (χ3v) is 11.0. The smallest absolute Gasteiger partial charge is 0.306 e. The first kappa shape index (κ1) is 53.4. The quantitative estimate of drug-likeness (QED) is 0.0348. The van der Waals surface area contributed by atoms with E-state index in [1.165, 1.54) is 154 Å². The van der Waals surface area contributed by atoms with Crippen molar-refractivity contribution in [2.24, 2.45) is 11.8 Å². The highest BCUT2D eigenvalue weighted by Crippen LogP contribution is 2.17. The summed E-state index contributed by atoms with van der Waals surface area (Å²) in [6.07, 6.45) is 40.9. The Kier molecular flexibility index (Phi) is 40.8. The van der Waals surface area contributed by atoms with Gasteiger partial charge >= 0.3 is 17.9 Å². The number of rotatable bonds is 43. The Morgan fingerprint density at radius 1 is 0.345 bits per heavy atom. The van der Waals surface area contributed by atoms with E-state index in [0.29, 0.717) is 19.3 Å². The number of hydrogen-bond acceptors (Lipinski definition) is 6. The van der Waals surface area contributed by atoms with Crippen LogP contribution < -0.4 is 0 Å². The first-order valence-corrected chi connectivity index (χ1v) is 24.2. The molecule has 0 rings (SSSR count). The van der Waals surface area contributed by atoms with Gasteiger partial charge in [-0.05, 0) is 31.1 Å². The normalized spacial score (nSPS) is 12.1. The molecule has 0 aromatic heterocycles. The standard InChI is InChI=1S/C49H94O6/c1-6-7-8-9-10-11-12-13-16-20-25-31-36-41-49(52)55-46(43-54-48(51)40-35-30-26-21-23-28-33-38-45(4)5)42-53-47(50)39-34-29-24-19-17-14-15-18-22-27-32-37-44(2)3/h44-46H,6-43H2,1-5H3/t46-/m1/s1. The molecule has 0 heterocycles. The Balaban J connectivity index is 4.32. The number of esters is 3. The van der Waals surface area contributed by atoms with Crippen LogP contribution in [0.5, 0.6) is 0 Å². The van der Waals surface area contributed by atoms with E-state index in [2.05, 4.69) is 34.6 Å². The molecule has 0 radical (unpaired) electrons. The van der Waals surface area contributed by atoms with Crippen molar-refractivity contribution >= 4 is 17.9 Å². The molecular formula is C49H94O6. The molecule has 55 heavy (non-hydrogen) atoms. The number of carbonyl (C=O) groups excluding carboxylic acids is 3. The lowest BCUT2D eigenvalue weighted by atomic mass is 10.0. The summed E-state index contributed by atoms with van der Waals surface area (Å²) in [5.41, 5.74) is 0. The Labute approximate surface area is 342 Å². The number of hydrogen-bond donors (Lipinski definition) is 0. The molecule has 0 saturated heterocycles. The van der Waals surface area contributed by atoms with Crippen molar-refractivity contribution in [2.45, 2.75) is 272 Å². The van der Waals surface area contributed by atoms with Crippen LogP contribution in [0.2, 0.25) is 0 Å². The minimum absolute atomic E-state index is 0.0647. The molecular weight excluding hydrogens is 685 g/mol. The van der Waals surface area contributed by atoms with Crippen LogP contribution in [0.1, 0.15) is 266 Å². The van der Waals surface area contributed by atoms with Gasteiger partial charge in [0.25, 0.3) is 0 Å². The molecule has 0 fully saturated rings. The van der Waals surface area contributed by atoms with E-state index in [1.807, 2.05) is 0 Å². The summed E-state index contributed by atoms with van der Waals surface area (Å²) < 4.78 is 16.7. The molecule has 1 atom stereocenters. The SMILES string of the molecule is CCCCCCCCCCCCCCCC(=O)O[C@H](COC(=O)CCCCCCCCCCCCCC(C)C)COC(=O)CCCCCCCCCC(C)C. The van der Waals surface area contributed by atoms with E-state index < -0.39 is 6.10 Å². The molecule has 0 aromatic rings. The van der Waals surface area contributed by atoms with Gasteiger partial charge in [0.1, 0.15) is 13.2 Å². The fraction of sp³-hybridized carbons (Fsp3) is 0.939. The third kappa shape index (κ3) is 43.4. The van der Waals surface area contributed by atoms with Gasteiger partial charge in [-0.25, -0.2) is 0 Å². The average molecular weight is 779 g/mol. The number of carbonyl (C=O) groups is 3. The van der Waals surface area contributed by atoms with Gasteiger partial charge in [-0.3, -0.25) is 14.4 Å². The topological polar surface area (TPSA) is 78.9 Å². The largest absolute Gasteiger partial charge is 0.462 e. The van der Waals surface area contributed by atoms with Crippen LogP contribution >= 0.6 is 0 Å². The summed E-state index contributed by atoms with van der Waals surface area (Å²) in [5, 5.41) is 0. The highest BCUT2D eigenvalue weighted by molar-refractivity contribution is 5.71. The molecule has 0 spiro atoms. The van der Waals surface area contributed by atoms with Gasteiger partial charge in [-0.2, -0.15) is 0 Å². The van der Waals surface area contributed by atoms with Gasteiger partial charge in [0.15, 0.2) is 6.10 Å². The van der Waals surface area contributed by atoms with Gasteiger partial charge in [0, 0.05) is 19.3 Å². The zero-order valence-corrected chi connectivity index (χ0v) is 37.6. The monoisotopic (exact) mass is 779 g/mol. The molecule has 6 heteroatoms. The lowest BCUT2D eigenvalue weighted by Gasteiger charge is -2.18. The molecule has 0 unspecified atom stereocenters. The highest BCUT2D eigenvalue weighted by Gasteiger charge is 2.19. The number of unbranched alkanes of at least 4 members (excludes halogenated alkanes) is 28. The van der Waals surface area contributed by atoms with Crippen molar-refractivity contribution in [2.75, 3.05) is 13.2 Å². The van der Waals surface area contributed by atoms with Crippen LogP contribution in [0.4, 0.5) is 0 Å². The third-order valence-electron chi connectivity index (χ3n) is 11.0. The van der Waals surface area contributed by atoms with Crippen LogP contribution in [-0.4, -0.2) is 37.2 Å². The van der Waals surface area contributed by atoms with E-state index in [0.717, 1.165) is 69.6 Å². The lowest BCUT2D eigenvalue weighted by Crippen LogP contribution is -2.30. The molecule has 0 aliphatic carbocycles. The zero-order valence-electron chi connectivity index (χ0n) is 37.6. The maximum absolute atomic E-state index is 12.7. The molecule has 0 aliphatic rings. The molecule has 0 saturated carbocycles. The van der Waals surface area contributed by atoms with Gasteiger partial charge < -0.3 is 14.2 Å². The minimum atomic E-state index is -0.761. The lowest BCUT2D eigenvalue weighted by molar-refractivity contribution is -0.167. The van der Waals surface area contributed by atoms with Gasteiger partial charge in [-0.1, -0.05) is 227 Å². The van der Waals surface area contributed by atoms with E-state index in [1.54, 1.807) is 0 Å².